The minimum atomic E-state index is -0.871. The summed E-state index contributed by atoms with van der Waals surface area (Å²) in [5.74, 6) is -1.68. The van der Waals surface area contributed by atoms with Gasteiger partial charge in [-0.05, 0) is 73.6 Å². The van der Waals surface area contributed by atoms with E-state index in [-0.39, 0.29) is 17.8 Å². The molecule has 2 aliphatic rings. The quantitative estimate of drug-likeness (QED) is 0.747. The summed E-state index contributed by atoms with van der Waals surface area (Å²) in [5.41, 5.74) is 1.65. The van der Waals surface area contributed by atoms with Crippen LogP contribution in [0.2, 0.25) is 5.02 Å². The molecule has 0 radical (unpaired) electrons. The van der Waals surface area contributed by atoms with E-state index >= 15 is 0 Å². The highest BCUT2D eigenvalue weighted by Crippen LogP contribution is 2.41. The highest BCUT2D eigenvalue weighted by Gasteiger charge is 2.54. The van der Waals surface area contributed by atoms with E-state index in [2.05, 4.69) is 5.32 Å². The van der Waals surface area contributed by atoms with E-state index in [0.29, 0.717) is 34.6 Å². The van der Waals surface area contributed by atoms with Crippen molar-refractivity contribution in [2.75, 3.05) is 7.11 Å². The van der Waals surface area contributed by atoms with Gasteiger partial charge < -0.3 is 10.1 Å². The molecule has 0 bridgehead atoms. The van der Waals surface area contributed by atoms with Crippen molar-refractivity contribution in [3.63, 3.8) is 0 Å². The molecule has 1 aliphatic carbocycles. The van der Waals surface area contributed by atoms with E-state index in [0.717, 1.165) is 18.4 Å². The van der Waals surface area contributed by atoms with Crippen LogP contribution in [0.1, 0.15) is 42.7 Å². The SMILES string of the molecule is COC1CCC2(CC1)NC(=O)C(c1cc(-c3ccc(Cl)cc3F)ccc1C)C2=O. The fourth-order valence-corrected chi connectivity index (χ4v) is 4.74. The van der Waals surface area contributed by atoms with Crippen molar-refractivity contribution in [2.24, 2.45) is 0 Å². The van der Waals surface area contributed by atoms with Crippen LogP contribution in [0, 0.1) is 12.7 Å². The summed E-state index contributed by atoms with van der Waals surface area (Å²) in [7, 11) is 1.67. The number of rotatable bonds is 3. The van der Waals surface area contributed by atoms with E-state index in [9.17, 15) is 14.0 Å². The van der Waals surface area contributed by atoms with Crippen molar-refractivity contribution in [2.45, 2.75) is 50.2 Å². The van der Waals surface area contributed by atoms with Gasteiger partial charge in [-0.3, -0.25) is 9.59 Å². The van der Waals surface area contributed by atoms with E-state index in [1.165, 1.54) is 6.07 Å². The fraction of sp³-hybridized carbons (Fsp3) is 0.391. The second kappa shape index (κ2) is 7.54. The molecule has 2 aromatic rings. The Hall–Kier alpha value is -2.24. The van der Waals surface area contributed by atoms with Gasteiger partial charge in [-0.1, -0.05) is 23.7 Å². The number of carbonyl (C=O) groups excluding carboxylic acids is 2. The van der Waals surface area contributed by atoms with Gasteiger partial charge in [0.25, 0.3) is 0 Å². The minimum Gasteiger partial charge on any atom is -0.381 e. The third-order valence-corrected chi connectivity index (χ3v) is 6.55. The van der Waals surface area contributed by atoms with Crippen LogP contribution in [0.25, 0.3) is 11.1 Å². The standard InChI is InChI=1S/C23H23ClFNO3/c1-13-3-4-14(17-6-5-15(24)12-19(17)25)11-18(13)20-21(27)23(26-22(20)28)9-7-16(29-2)8-10-23/h3-6,11-12,16,20H,7-10H2,1-2H3,(H,26,28). The molecule has 1 unspecified atom stereocenters. The lowest BCUT2D eigenvalue weighted by molar-refractivity contribution is -0.126. The normalized spacial score (nSPS) is 26.8. The van der Waals surface area contributed by atoms with Crippen LogP contribution in [0.5, 0.6) is 0 Å². The number of carbonyl (C=O) groups is 2. The molecular weight excluding hydrogens is 393 g/mol. The maximum Gasteiger partial charge on any atom is 0.235 e. The number of aryl methyl sites for hydroxylation is 1. The zero-order valence-corrected chi connectivity index (χ0v) is 17.2. The summed E-state index contributed by atoms with van der Waals surface area (Å²) in [4.78, 5) is 26.3. The number of methoxy groups -OCH3 is 1. The molecule has 2 fully saturated rings. The molecule has 1 amide bonds. The van der Waals surface area contributed by atoms with E-state index in [4.69, 9.17) is 16.3 Å². The minimum absolute atomic E-state index is 0.0890. The third kappa shape index (κ3) is 3.47. The molecule has 29 heavy (non-hydrogen) atoms. The average Bonchev–Trinajstić information content (AvgIpc) is 2.93. The van der Waals surface area contributed by atoms with Crippen LogP contribution in [-0.4, -0.2) is 30.4 Å². The van der Waals surface area contributed by atoms with Crippen molar-refractivity contribution in [3.05, 3.63) is 58.4 Å². The van der Waals surface area contributed by atoms with E-state index < -0.39 is 17.3 Å². The Morgan fingerprint density at radius 2 is 1.86 bits per heavy atom. The van der Waals surface area contributed by atoms with Gasteiger partial charge in [-0.15, -0.1) is 0 Å². The fourth-order valence-electron chi connectivity index (χ4n) is 4.58. The van der Waals surface area contributed by atoms with Crippen LogP contribution in [-0.2, 0) is 14.3 Å². The number of hydrogen-bond donors (Lipinski definition) is 1. The number of nitrogens with one attached hydrogen (secondary N) is 1. The Labute approximate surface area is 174 Å². The second-order valence-corrected chi connectivity index (χ2v) is 8.44. The molecule has 2 aromatic carbocycles. The first kappa shape index (κ1) is 20.0. The lowest BCUT2D eigenvalue weighted by Crippen LogP contribution is -2.50. The number of Topliss-reactive ketones (excluding diaryl/α,β-unsaturated/α-hetero) is 1. The molecule has 1 saturated heterocycles. The summed E-state index contributed by atoms with van der Waals surface area (Å²) in [6.45, 7) is 1.87. The molecule has 6 heteroatoms. The molecule has 1 heterocycles. The molecule has 4 rings (SSSR count). The van der Waals surface area contributed by atoms with Crippen LogP contribution in [0.3, 0.4) is 0 Å². The van der Waals surface area contributed by atoms with Gasteiger partial charge in [0.2, 0.25) is 5.91 Å². The molecule has 0 aromatic heterocycles. The molecule has 1 N–H and O–H groups in total. The largest absolute Gasteiger partial charge is 0.381 e. The molecule has 1 spiro atoms. The number of ether oxygens (including phenoxy) is 1. The average molecular weight is 416 g/mol. The van der Waals surface area contributed by atoms with Gasteiger partial charge in [0.1, 0.15) is 11.7 Å². The summed E-state index contributed by atoms with van der Waals surface area (Å²) >= 11 is 5.86. The zero-order valence-electron chi connectivity index (χ0n) is 16.4. The highest BCUT2D eigenvalue weighted by atomic mass is 35.5. The van der Waals surface area contributed by atoms with Gasteiger partial charge in [0.15, 0.2) is 5.78 Å². The van der Waals surface area contributed by atoms with Gasteiger partial charge in [0.05, 0.1) is 11.6 Å². The van der Waals surface area contributed by atoms with Crippen LogP contribution in [0.15, 0.2) is 36.4 Å². The zero-order chi connectivity index (χ0) is 20.8. The van der Waals surface area contributed by atoms with Crippen molar-refractivity contribution in [1.82, 2.24) is 5.32 Å². The number of amides is 1. The first-order valence-corrected chi connectivity index (χ1v) is 10.2. The van der Waals surface area contributed by atoms with Crippen molar-refractivity contribution in [1.29, 1.82) is 0 Å². The van der Waals surface area contributed by atoms with Crippen molar-refractivity contribution in [3.8, 4) is 11.1 Å². The summed E-state index contributed by atoms with van der Waals surface area (Å²) in [6.07, 6.45) is 2.77. The summed E-state index contributed by atoms with van der Waals surface area (Å²) < 4.78 is 19.8. The Morgan fingerprint density at radius 1 is 1.14 bits per heavy atom. The number of hydrogen-bond acceptors (Lipinski definition) is 3. The van der Waals surface area contributed by atoms with Gasteiger partial charge >= 0.3 is 0 Å². The molecule has 1 atom stereocenters. The Balaban J connectivity index is 1.69. The summed E-state index contributed by atoms with van der Waals surface area (Å²) in [6, 6.07) is 9.86. The maximum absolute atomic E-state index is 14.4. The van der Waals surface area contributed by atoms with E-state index in [1.54, 1.807) is 31.4 Å². The first-order chi connectivity index (χ1) is 13.8. The van der Waals surface area contributed by atoms with Gasteiger partial charge in [-0.25, -0.2) is 4.39 Å². The highest BCUT2D eigenvalue weighted by molar-refractivity contribution is 6.30. The monoisotopic (exact) mass is 415 g/mol. The first-order valence-electron chi connectivity index (χ1n) is 9.80. The van der Waals surface area contributed by atoms with Crippen LogP contribution >= 0.6 is 11.6 Å². The molecule has 152 valence electrons. The second-order valence-electron chi connectivity index (χ2n) is 8.00. The molecule has 1 saturated carbocycles. The van der Waals surface area contributed by atoms with Crippen molar-refractivity contribution < 1.29 is 18.7 Å². The van der Waals surface area contributed by atoms with Crippen molar-refractivity contribution >= 4 is 23.3 Å². The molecular formula is C23H23ClFNO3. The van der Waals surface area contributed by atoms with Gasteiger partial charge in [0, 0.05) is 17.7 Å². The molecule has 1 aliphatic heterocycles. The van der Waals surface area contributed by atoms with E-state index in [1.807, 2.05) is 13.0 Å². The number of benzene rings is 2. The number of halogens is 2. The summed E-state index contributed by atoms with van der Waals surface area (Å²) in [5, 5.41) is 3.30. The van der Waals surface area contributed by atoms with Crippen LogP contribution < -0.4 is 5.32 Å². The Bertz CT molecular complexity index is 982. The third-order valence-electron chi connectivity index (χ3n) is 6.31. The predicted octanol–water partition coefficient (Wildman–Crippen LogP) is 4.56. The number of ketones is 1. The Kier molecular flexibility index (Phi) is 5.21. The maximum atomic E-state index is 14.4. The van der Waals surface area contributed by atoms with Gasteiger partial charge in [-0.2, -0.15) is 0 Å². The smallest absolute Gasteiger partial charge is 0.235 e. The van der Waals surface area contributed by atoms with Crippen LogP contribution in [0.4, 0.5) is 4.39 Å². The molecule has 4 nitrogen and oxygen atoms in total. The predicted molar refractivity (Wildman–Crippen MR) is 109 cm³/mol. The lowest BCUT2D eigenvalue weighted by atomic mass is 9.75. The Morgan fingerprint density at radius 3 is 2.52 bits per heavy atom. The topological polar surface area (TPSA) is 55.4 Å². The lowest BCUT2D eigenvalue weighted by Gasteiger charge is -2.35.